The van der Waals surface area contributed by atoms with Crippen molar-refractivity contribution < 1.29 is 26.7 Å². The predicted octanol–water partition coefficient (Wildman–Crippen LogP) is 3.46. The number of nitrogens with zero attached hydrogens (tertiary/aromatic N) is 3. The van der Waals surface area contributed by atoms with Crippen LogP contribution in [-0.2, 0) is 10.0 Å². The summed E-state index contributed by atoms with van der Waals surface area (Å²) in [4.78, 5) is 0.114. The van der Waals surface area contributed by atoms with Gasteiger partial charge in [-0.05, 0) is 37.1 Å². The van der Waals surface area contributed by atoms with E-state index in [0.29, 0.717) is 36.8 Å². The quantitative estimate of drug-likeness (QED) is 0.571. The van der Waals surface area contributed by atoms with Gasteiger partial charge >= 0.3 is 0 Å². The van der Waals surface area contributed by atoms with Gasteiger partial charge in [0.15, 0.2) is 11.5 Å². The van der Waals surface area contributed by atoms with E-state index in [1.807, 2.05) is 0 Å². The van der Waals surface area contributed by atoms with Gasteiger partial charge in [0.25, 0.3) is 5.89 Å². The first-order valence-corrected chi connectivity index (χ1v) is 11.2. The monoisotopic (exact) mass is 447 g/mol. The number of hydrogen-bond acceptors (Lipinski definition) is 7. The minimum absolute atomic E-state index is 0.0768. The molecule has 164 valence electrons. The van der Waals surface area contributed by atoms with E-state index in [-0.39, 0.29) is 28.8 Å². The van der Waals surface area contributed by atoms with Crippen molar-refractivity contribution in [3.63, 3.8) is 0 Å². The van der Waals surface area contributed by atoms with Gasteiger partial charge in [-0.15, -0.1) is 10.2 Å². The molecule has 1 aliphatic rings. The molecule has 1 aliphatic heterocycles. The zero-order valence-corrected chi connectivity index (χ0v) is 17.9. The van der Waals surface area contributed by atoms with Crippen LogP contribution < -0.4 is 9.47 Å². The number of ether oxygens (including phenoxy) is 2. The van der Waals surface area contributed by atoms with Crippen molar-refractivity contribution in [2.75, 3.05) is 27.3 Å². The molecule has 1 saturated heterocycles. The van der Waals surface area contributed by atoms with Gasteiger partial charge in [0.2, 0.25) is 15.9 Å². The molecule has 31 heavy (non-hydrogen) atoms. The standard InChI is InChI=1S/C21H22FN3O5S/c1-28-18-10-9-15(12-19(18)29-2)31(26,27)25-11-5-6-14(13-25)20-23-24-21(30-20)16-7-3-4-8-17(16)22/h3-4,7-10,12,14H,5-6,11,13H2,1-2H3. The summed E-state index contributed by atoms with van der Waals surface area (Å²) < 4.78 is 58.0. The number of methoxy groups -OCH3 is 2. The van der Waals surface area contributed by atoms with Crippen LogP contribution in [0.15, 0.2) is 51.8 Å². The maximum Gasteiger partial charge on any atom is 0.250 e. The molecule has 2 aromatic carbocycles. The minimum atomic E-state index is -3.76. The maximum atomic E-state index is 14.0. The fourth-order valence-corrected chi connectivity index (χ4v) is 5.17. The summed E-state index contributed by atoms with van der Waals surface area (Å²) in [6.07, 6.45) is 1.32. The summed E-state index contributed by atoms with van der Waals surface area (Å²) in [5, 5.41) is 8.01. The van der Waals surface area contributed by atoms with Crippen molar-refractivity contribution in [2.24, 2.45) is 0 Å². The summed E-state index contributed by atoms with van der Waals surface area (Å²) in [6, 6.07) is 10.6. The van der Waals surface area contributed by atoms with Crippen LogP contribution in [-0.4, -0.2) is 50.2 Å². The van der Waals surface area contributed by atoms with E-state index < -0.39 is 15.8 Å². The van der Waals surface area contributed by atoms with Gasteiger partial charge in [-0.1, -0.05) is 12.1 Å². The molecule has 0 saturated carbocycles. The molecular formula is C21H22FN3O5S. The molecule has 0 bridgehead atoms. The van der Waals surface area contributed by atoms with Gasteiger partial charge in [-0.2, -0.15) is 4.31 Å². The third kappa shape index (κ3) is 4.13. The molecule has 1 unspecified atom stereocenters. The number of aromatic nitrogens is 2. The van der Waals surface area contributed by atoms with E-state index in [2.05, 4.69) is 10.2 Å². The lowest BCUT2D eigenvalue weighted by Crippen LogP contribution is -2.39. The Labute approximate surface area is 179 Å². The van der Waals surface area contributed by atoms with E-state index in [0.717, 1.165) is 0 Å². The molecule has 1 fully saturated rings. The molecule has 0 N–H and O–H groups in total. The summed E-state index contributed by atoms with van der Waals surface area (Å²) in [5.74, 6) is 0.419. The van der Waals surface area contributed by atoms with Crippen molar-refractivity contribution >= 4 is 10.0 Å². The normalized spacial score (nSPS) is 17.5. The van der Waals surface area contributed by atoms with Gasteiger partial charge in [-0.3, -0.25) is 0 Å². The summed E-state index contributed by atoms with van der Waals surface area (Å²) in [5.41, 5.74) is 0.215. The van der Waals surface area contributed by atoms with Crippen molar-refractivity contribution in [1.29, 1.82) is 0 Å². The van der Waals surface area contributed by atoms with Gasteiger partial charge in [-0.25, -0.2) is 12.8 Å². The van der Waals surface area contributed by atoms with Crippen molar-refractivity contribution in [3.05, 3.63) is 54.2 Å². The van der Waals surface area contributed by atoms with Gasteiger partial charge in [0.1, 0.15) is 5.82 Å². The topological polar surface area (TPSA) is 94.8 Å². The zero-order valence-electron chi connectivity index (χ0n) is 17.1. The first kappa shape index (κ1) is 21.3. The van der Waals surface area contributed by atoms with E-state index in [1.54, 1.807) is 24.3 Å². The first-order chi connectivity index (χ1) is 14.9. The highest BCUT2D eigenvalue weighted by atomic mass is 32.2. The Kier molecular flexibility index (Phi) is 5.92. The molecule has 1 atom stereocenters. The Morgan fingerprint density at radius 1 is 1.10 bits per heavy atom. The van der Waals surface area contributed by atoms with E-state index in [9.17, 15) is 12.8 Å². The lowest BCUT2D eigenvalue weighted by molar-refractivity contribution is 0.286. The average molecular weight is 447 g/mol. The van der Waals surface area contributed by atoms with Crippen LogP contribution in [0.5, 0.6) is 11.5 Å². The maximum absolute atomic E-state index is 14.0. The number of halogens is 1. The summed E-state index contributed by atoms with van der Waals surface area (Å²) in [7, 11) is -0.825. The van der Waals surface area contributed by atoms with Crippen LogP contribution in [0.3, 0.4) is 0 Å². The fourth-order valence-electron chi connectivity index (χ4n) is 3.63. The van der Waals surface area contributed by atoms with E-state index in [4.69, 9.17) is 13.9 Å². The summed E-state index contributed by atoms with van der Waals surface area (Å²) in [6.45, 7) is 0.567. The molecule has 4 rings (SSSR count). The number of sulfonamides is 1. The Bertz CT molecular complexity index is 1180. The van der Waals surface area contributed by atoms with Gasteiger partial charge in [0, 0.05) is 19.2 Å². The Balaban J connectivity index is 1.57. The van der Waals surface area contributed by atoms with Gasteiger partial charge in [0.05, 0.1) is 30.6 Å². The minimum Gasteiger partial charge on any atom is -0.493 e. The smallest absolute Gasteiger partial charge is 0.250 e. The highest BCUT2D eigenvalue weighted by Crippen LogP contribution is 2.34. The van der Waals surface area contributed by atoms with Crippen molar-refractivity contribution in [3.8, 4) is 23.0 Å². The Hall–Kier alpha value is -2.98. The number of hydrogen-bond donors (Lipinski definition) is 0. The lowest BCUT2D eigenvalue weighted by Gasteiger charge is -2.30. The third-order valence-electron chi connectivity index (χ3n) is 5.27. The van der Waals surface area contributed by atoms with Crippen LogP contribution in [0.4, 0.5) is 4.39 Å². The van der Waals surface area contributed by atoms with Crippen LogP contribution in [0.2, 0.25) is 0 Å². The molecule has 8 nitrogen and oxygen atoms in total. The molecular weight excluding hydrogens is 425 g/mol. The van der Waals surface area contributed by atoms with E-state index in [1.165, 1.54) is 36.7 Å². The van der Waals surface area contributed by atoms with Crippen molar-refractivity contribution in [1.82, 2.24) is 14.5 Å². The fraction of sp³-hybridized carbons (Fsp3) is 0.333. The first-order valence-electron chi connectivity index (χ1n) is 9.74. The van der Waals surface area contributed by atoms with Crippen LogP contribution in [0.25, 0.3) is 11.5 Å². The zero-order chi connectivity index (χ0) is 22.0. The molecule has 0 radical (unpaired) electrons. The molecule has 2 heterocycles. The second kappa shape index (κ2) is 8.64. The number of piperidine rings is 1. The second-order valence-corrected chi connectivity index (χ2v) is 9.08. The van der Waals surface area contributed by atoms with Crippen LogP contribution in [0, 0.1) is 5.82 Å². The number of benzene rings is 2. The molecule has 10 heteroatoms. The molecule has 0 amide bonds. The molecule has 3 aromatic rings. The van der Waals surface area contributed by atoms with Crippen LogP contribution in [0.1, 0.15) is 24.7 Å². The summed E-state index contributed by atoms with van der Waals surface area (Å²) >= 11 is 0. The largest absolute Gasteiger partial charge is 0.493 e. The average Bonchev–Trinajstić information content (AvgIpc) is 3.29. The SMILES string of the molecule is COc1ccc(S(=O)(=O)N2CCCC(c3nnc(-c4ccccc4F)o3)C2)cc1OC. The Morgan fingerprint density at radius 3 is 2.61 bits per heavy atom. The lowest BCUT2D eigenvalue weighted by atomic mass is 10.00. The predicted molar refractivity (Wildman–Crippen MR) is 110 cm³/mol. The van der Waals surface area contributed by atoms with E-state index >= 15 is 0 Å². The molecule has 0 spiro atoms. The highest BCUT2D eigenvalue weighted by Gasteiger charge is 2.34. The Morgan fingerprint density at radius 2 is 1.87 bits per heavy atom. The second-order valence-electron chi connectivity index (χ2n) is 7.14. The highest BCUT2D eigenvalue weighted by molar-refractivity contribution is 7.89. The van der Waals surface area contributed by atoms with Gasteiger partial charge < -0.3 is 13.9 Å². The third-order valence-corrected chi connectivity index (χ3v) is 7.13. The van der Waals surface area contributed by atoms with Crippen LogP contribution >= 0.6 is 0 Å². The van der Waals surface area contributed by atoms with Crippen molar-refractivity contribution in [2.45, 2.75) is 23.7 Å². The molecule has 1 aromatic heterocycles. The molecule has 0 aliphatic carbocycles. The number of rotatable bonds is 6.